The molecule has 0 spiro atoms. The minimum Gasteiger partial charge on any atom is -0.332 e. The molecule has 1 aromatic heterocycles. The van der Waals surface area contributed by atoms with Crippen LogP contribution in [0.15, 0.2) is 6.20 Å². The van der Waals surface area contributed by atoms with Crippen LogP contribution in [0.25, 0.3) is 0 Å². The Balaban J connectivity index is 1.93. The van der Waals surface area contributed by atoms with Crippen molar-refractivity contribution in [2.75, 3.05) is 11.5 Å². The highest BCUT2D eigenvalue weighted by atomic mass is 32.2. The molecule has 0 aliphatic carbocycles. The molecule has 0 N–H and O–H groups in total. The molecule has 1 fully saturated rings. The summed E-state index contributed by atoms with van der Waals surface area (Å²) in [6.07, 6.45) is 6.19. The Morgan fingerprint density at radius 1 is 1.38 bits per heavy atom. The van der Waals surface area contributed by atoms with Crippen LogP contribution >= 0.6 is 0 Å². The number of sulfone groups is 1. The fourth-order valence-corrected chi connectivity index (χ4v) is 4.52. The van der Waals surface area contributed by atoms with Gasteiger partial charge in [0, 0.05) is 24.4 Å². The van der Waals surface area contributed by atoms with Gasteiger partial charge in [-0.1, -0.05) is 0 Å². The second-order valence-corrected chi connectivity index (χ2v) is 7.05. The van der Waals surface area contributed by atoms with Crippen molar-refractivity contribution in [3.05, 3.63) is 17.7 Å². The van der Waals surface area contributed by atoms with E-state index >= 15 is 0 Å². The van der Waals surface area contributed by atoms with Crippen LogP contribution in [-0.2, 0) is 22.8 Å². The highest BCUT2D eigenvalue weighted by Crippen LogP contribution is 2.30. The van der Waals surface area contributed by atoms with Crippen molar-refractivity contribution in [3.63, 3.8) is 0 Å². The summed E-state index contributed by atoms with van der Waals surface area (Å²) in [4.78, 5) is 4.44. The van der Waals surface area contributed by atoms with E-state index in [1.807, 2.05) is 6.20 Å². The Hall–Kier alpha value is -0.840. The van der Waals surface area contributed by atoms with Crippen LogP contribution in [0.1, 0.15) is 36.7 Å². The van der Waals surface area contributed by atoms with Crippen LogP contribution in [0.4, 0.5) is 0 Å². The average molecular weight is 240 g/mol. The van der Waals surface area contributed by atoms with E-state index in [1.54, 1.807) is 0 Å². The topological polar surface area (TPSA) is 52.0 Å². The first-order valence-corrected chi connectivity index (χ1v) is 7.72. The first kappa shape index (κ1) is 10.3. The Labute approximate surface area is 95.6 Å². The molecule has 0 saturated carbocycles. The van der Waals surface area contributed by atoms with Crippen LogP contribution in [-0.4, -0.2) is 29.5 Å². The largest absolute Gasteiger partial charge is 0.332 e. The third-order valence-electron chi connectivity index (χ3n) is 3.63. The van der Waals surface area contributed by atoms with Crippen LogP contribution in [0.3, 0.4) is 0 Å². The maximum atomic E-state index is 11.5. The number of imidazole rings is 1. The molecule has 3 rings (SSSR count). The molecule has 0 amide bonds. The summed E-state index contributed by atoms with van der Waals surface area (Å²) in [5, 5.41) is 0. The van der Waals surface area contributed by atoms with Crippen molar-refractivity contribution in [2.45, 2.75) is 38.1 Å². The van der Waals surface area contributed by atoms with Gasteiger partial charge in [-0.2, -0.15) is 0 Å². The van der Waals surface area contributed by atoms with Crippen molar-refractivity contribution in [1.82, 2.24) is 9.55 Å². The first-order chi connectivity index (χ1) is 7.66. The summed E-state index contributed by atoms with van der Waals surface area (Å²) in [5.74, 6) is 1.77. The number of hydrogen-bond donors (Lipinski definition) is 0. The van der Waals surface area contributed by atoms with E-state index in [2.05, 4.69) is 9.55 Å². The summed E-state index contributed by atoms with van der Waals surface area (Å²) in [6, 6.07) is 0. The molecule has 0 aromatic carbocycles. The lowest BCUT2D eigenvalue weighted by atomic mass is 10.1. The Morgan fingerprint density at radius 3 is 3.00 bits per heavy atom. The lowest BCUT2D eigenvalue weighted by molar-refractivity contribution is 0.499. The Kier molecular flexibility index (Phi) is 2.31. The second-order valence-electron chi connectivity index (χ2n) is 4.82. The summed E-state index contributed by atoms with van der Waals surface area (Å²) < 4.78 is 25.2. The van der Waals surface area contributed by atoms with E-state index in [0.717, 1.165) is 25.2 Å². The van der Waals surface area contributed by atoms with Crippen LogP contribution in [0, 0.1) is 0 Å². The third kappa shape index (κ3) is 1.67. The van der Waals surface area contributed by atoms with Gasteiger partial charge in [0.25, 0.3) is 0 Å². The second kappa shape index (κ2) is 3.58. The fourth-order valence-electron chi connectivity index (χ4n) is 2.79. The molecule has 2 aliphatic heterocycles. The predicted molar refractivity (Wildman–Crippen MR) is 61.2 cm³/mol. The van der Waals surface area contributed by atoms with Crippen molar-refractivity contribution in [1.29, 1.82) is 0 Å². The van der Waals surface area contributed by atoms with Gasteiger partial charge in [-0.25, -0.2) is 13.4 Å². The normalized spacial score (nSPS) is 27.9. The number of fused-ring (bicyclic) bond motifs is 1. The smallest absolute Gasteiger partial charge is 0.151 e. The average Bonchev–Trinajstić information content (AvgIpc) is 2.81. The highest BCUT2D eigenvalue weighted by Gasteiger charge is 2.32. The zero-order valence-electron chi connectivity index (χ0n) is 9.22. The number of aryl methyl sites for hydroxylation is 1. The van der Waals surface area contributed by atoms with Crippen LogP contribution in [0.2, 0.25) is 0 Å². The highest BCUT2D eigenvalue weighted by molar-refractivity contribution is 7.91. The molecule has 1 saturated heterocycles. The fraction of sp³-hybridized carbons (Fsp3) is 0.727. The van der Waals surface area contributed by atoms with Gasteiger partial charge < -0.3 is 4.57 Å². The molecule has 0 radical (unpaired) electrons. The quantitative estimate of drug-likeness (QED) is 0.739. The van der Waals surface area contributed by atoms with Gasteiger partial charge in [-0.15, -0.1) is 0 Å². The van der Waals surface area contributed by atoms with Crippen molar-refractivity contribution >= 4 is 9.84 Å². The van der Waals surface area contributed by atoms with Gasteiger partial charge in [-0.05, 0) is 25.7 Å². The minimum atomic E-state index is -2.80. The van der Waals surface area contributed by atoms with Crippen molar-refractivity contribution in [3.8, 4) is 0 Å². The molecule has 3 heterocycles. The predicted octanol–water partition coefficient (Wildman–Crippen LogP) is 1.12. The number of rotatable bonds is 1. The van der Waals surface area contributed by atoms with E-state index < -0.39 is 9.84 Å². The summed E-state index contributed by atoms with van der Waals surface area (Å²) >= 11 is 0. The zero-order valence-corrected chi connectivity index (χ0v) is 10.0. The van der Waals surface area contributed by atoms with Gasteiger partial charge in [-0.3, -0.25) is 0 Å². The maximum Gasteiger partial charge on any atom is 0.151 e. The molecule has 1 unspecified atom stereocenters. The Morgan fingerprint density at radius 2 is 2.25 bits per heavy atom. The summed E-state index contributed by atoms with van der Waals surface area (Å²) in [5.41, 5.74) is 1.28. The summed E-state index contributed by atoms with van der Waals surface area (Å²) in [7, 11) is -2.80. The molecule has 16 heavy (non-hydrogen) atoms. The number of hydrogen-bond acceptors (Lipinski definition) is 3. The number of nitrogens with zero attached hydrogens (tertiary/aromatic N) is 2. The van der Waals surface area contributed by atoms with E-state index in [4.69, 9.17) is 0 Å². The van der Waals surface area contributed by atoms with E-state index in [9.17, 15) is 8.42 Å². The molecule has 2 aliphatic rings. The van der Waals surface area contributed by atoms with E-state index in [-0.39, 0.29) is 5.92 Å². The van der Waals surface area contributed by atoms with Gasteiger partial charge in [0.15, 0.2) is 9.84 Å². The maximum absolute atomic E-state index is 11.5. The lowest BCUT2D eigenvalue weighted by Gasteiger charge is -2.18. The molecule has 5 heteroatoms. The standard InChI is InChI=1S/C11H16N2O2S/c14-16(15)6-4-9(8-16)11-12-7-10-3-1-2-5-13(10)11/h7,9H,1-6,8H2. The van der Waals surface area contributed by atoms with Gasteiger partial charge >= 0.3 is 0 Å². The lowest BCUT2D eigenvalue weighted by Crippen LogP contribution is -2.16. The van der Waals surface area contributed by atoms with Crippen molar-refractivity contribution in [2.24, 2.45) is 0 Å². The molecule has 1 atom stereocenters. The molecule has 4 nitrogen and oxygen atoms in total. The van der Waals surface area contributed by atoms with E-state index in [1.165, 1.54) is 18.5 Å². The monoisotopic (exact) mass is 240 g/mol. The first-order valence-electron chi connectivity index (χ1n) is 5.90. The van der Waals surface area contributed by atoms with Crippen LogP contribution < -0.4 is 0 Å². The molecular formula is C11H16N2O2S. The zero-order chi connectivity index (χ0) is 11.2. The number of aromatic nitrogens is 2. The molecule has 1 aromatic rings. The van der Waals surface area contributed by atoms with Gasteiger partial charge in [0.2, 0.25) is 0 Å². The minimum absolute atomic E-state index is 0.136. The van der Waals surface area contributed by atoms with Crippen LogP contribution in [0.5, 0.6) is 0 Å². The molecule has 88 valence electrons. The molecule has 0 bridgehead atoms. The Bertz CT molecular complexity index is 504. The van der Waals surface area contributed by atoms with Gasteiger partial charge in [0.05, 0.1) is 11.5 Å². The third-order valence-corrected chi connectivity index (χ3v) is 5.40. The van der Waals surface area contributed by atoms with Crippen molar-refractivity contribution < 1.29 is 8.42 Å². The SMILES string of the molecule is O=S1(=O)CCC(c2ncc3n2CCCC3)C1. The molecular weight excluding hydrogens is 224 g/mol. The summed E-state index contributed by atoms with van der Waals surface area (Å²) in [6.45, 7) is 1.02. The van der Waals surface area contributed by atoms with E-state index in [0.29, 0.717) is 11.5 Å². The van der Waals surface area contributed by atoms with Gasteiger partial charge in [0.1, 0.15) is 5.82 Å².